The predicted molar refractivity (Wildman–Crippen MR) is 75.1 cm³/mol. The summed E-state index contributed by atoms with van der Waals surface area (Å²) in [7, 11) is 0. The van der Waals surface area contributed by atoms with E-state index in [0.717, 1.165) is 22.9 Å². The van der Waals surface area contributed by atoms with E-state index in [1.807, 2.05) is 6.92 Å². The highest BCUT2D eigenvalue weighted by atomic mass is 32.2. The molecule has 20 heavy (non-hydrogen) atoms. The molecule has 2 N–H and O–H groups in total. The van der Waals surface area contributed by atoms with Crippen molar-refractivity contribution in [3.63, 3.8) is 0 Å². The Morgan fingerprint density at radius 3 is 2.75 bits per heavy atom. The molecular weight excluding hydrogens is 278 g/mol. The van der Waals surface area contributed by atoms with Crippen LogP contribution in [-0.4, -0.2) is 38.6 Å². The summed E-state index contributed by atoms with van der Waals surface area (Å²) in [6, 6.07) is 7.07. The number of carboxylic acid groups (broad SMARTS) is 1. The molecular formula is C13H15N3O3S. The number of rotatable bonds is 7. The SMILES string of the molecule is Cc1nc(SCCOc2ccc(CC(=O)O)cc2)n[nH]1. The van der Waals surface area contributed by atoms with E-state index in [1.165, 1.54) is 11.8 Å². The van der Waals surface area contributed by atoms with Gasteiger partial charge in [0, 0.05) is 5.75 Å². The molecule has 1 heterocycles. The fraction of sp³-hybridized carbons (Fsp3) is 0.308. The number of aryl methyl sites for hydroxylation is 1. The number of aliphatic carboxylic acids is 1. The number of thioether (sulfide) groups is 1. The number of aromatic amines is 1. The molecule has 0 aliphatic rings. The maximum absolute atomic E-state index is 10.6. The Kier molecular flexibility index (Phi) is 5.00. The number of nitrogens with one attached hydrogen (secondary N) is 1. The van der Waals surface area contributed by atoms with Gasteiger partial charge in [-0.2, -0.15) is 0 Å². The second kappa shape index (κ2) is 6.95. The lowest BCUT2D eigenvalue weighted by molar-refractivity contribution is -0.136. The molecule has 1 aromatic carbocycles. The molecule has 2 rings (SSSR count). The minimum atomic E-state index is -0.836. The van der Waals surface area contributed by atoms with Crippen LogP contribution in [0.15, 0.2) is 29.4 Å². The molecule has 0 fully saturated rings. The minimum absolute atomic E-state index is 0.0281. The first-order chi connectivity index (χ1) is 9.63. The molecule has 0 bridgehead atoms. The Bertz CT molecular complexity index is 568. The standard InChI is InChI=1S/C13H15N3O3S/c1-9-14-13(16-15-9)20-7-6-19-11-4-2-10(3-5-11)8-12(17)18/h2-5H,6-8H2,1H3,(H,17,18)(H,14,15,16). The van der Waals surface area contributed by atoms with Crippen molar-refractivity contribution >= 4 is 17.7 Å². The van der Waals surface area contributed by atoms with Gasteiger partial charge < -0.3 is 9.84 Å². The summed E-state index contributed by atoms with van der Waals surface area (Å²) in [6.45, 7) is 2.39. The van der Waals surface area contributed by atoms with Gasteiger partial charge >= 0.3 is 5.97 Å². The summed E-state index contributed by atoms with van der Waals surface area (Å²) >= 11 is 1.52. The first-order valence-corrected chi connectivity index (χ1v) is 7.07. The van der Waals surface area contributed by atoms with E-state index in [1.54, 1.807) is 24.3 Å². The third-order valence-corrected chi connectivity index (χ3v) is 3.25. The smallest absolute Gasteiger partial charge is 0.307 e. The van der Waals surface area contributed by atoms with E-state index in [0.29, 0.717) is 11.8 Å². The molecule has 0 aliphatic heterocycles. The Morgan fingerprint density at radius 2 is 2.15 bits per heavy atom. The maximum atomic E-state index is 10.6. The molecule has 0 saturated heterocycles. The lowest BCUT2D eigenvalue weighted by Gasteiger charge is -2.05. The monoisotopic (exact) mass is 293 g/mol. The fourth-order valence-corrected chi connectivity index (χ4v) is 2.22. The van der Waals surface area contributed by atoms with E-state index in [4.69, 9.17) is 9.84 Å². The average Bonchev–Trinajstić information content (AvgIpc) is 2.82. The first-order valence-electron chi connectivity index (χ1n) is 6.09. The molecule has 0 unspecified atom stereocenters. The summed E-state index contributed by atoms with van der Waals surface area (Å²) in [5, 5.41) is 16.2. The zero-order chi connectivity index (χ0) is 14.4. The van der Waals surface area contributed by atoms with Gasteiger partial charge in [-0.15, -0.1) is 5.10 Å². The molecule has 7 heteroatoms. The molecule has 106 valence electrons. The first kappa shape index (κ1) is 14.4. The van der Waals surface area contributed by atoms with Gasteiger partial charge in [0.15, 0.2) is 0 Å². The number of aromatic nitrogens is 3. The summed E-state index contributed by atoms with van der Waals surface area (Å²) in [5.41, 5.74) is 0.760. The van der Waals surface area contributed by atoms with Gasteiger partial charge in [-0.3, -0.25) is 9.89 Å². The van der Waals surface area contributed by atoms with Gasteiger partial charge in [-0.25, -0.2) is 4.98 Å². The fourth-order valence-electron chi connectivity index (χ4n) is 1.56. The second-order valence-electron chi connectivity index (χ2n) is 4.11. The Morgan fingerprint density at radius 1 is 1.40 bits per heavy atom. The molecule has 2 aromatic rings. The summed E-state index contributed by atoms with van der Waals surface area (Å²) in [4.78, 5) is 14.7. The maximum Gasteiger partial charge on any atom is 0.307 e. The van der Waals surface area contributed by atoms with Crippen molar-refractivity contribution in [1.82, 2.24) is 15.2 Å². The van der Waals surface area contributed by atoms with Crippen molar-refractivity contribution in [2.24, 2.45) is 0 Å². The molecule has 0 amide bonds. The van der Waals surface area contributed by atoms with Crippen LogP contribution in [0, 0.1) is 6.92 Å². The van der Waals surface area contributed by atoms with Crippen LogP contribution in [0.3, 0.4) is 0 Å². The number of H-pyrrole nitrogens is 1. The minimum Gasteiger partial charge on any atom is -0.493 e. The van der Waals surface area contributed by atoms with E-state index in [2.05, 4.69) is 15.2 Å². The van der Waals surface area contributed by atoms with Crippen molar-refractivity contribution in [1.29, 1.82) is 0 Å². The number of hydrogen-bond donors (Lipinski definition) is 2. The van der Waals surface area contributed by atoms with Crippen LogP contribution in [0.4, 0.5) is 0 Å². The number of ether oxygens (including phenoxy) is 1. The normalized spacial score (nSPS) is 10.4. The molecule has 0 radical (unpaired) electrons. The van der Waals surface area contributed by atoms with Crippen molar-refractivity contribution in [2.75, 3.05) is 12.4 Å². The summed E-state index contributed by atoms with van der Waals surface area (Å²) in [5.74, 6) is 1.43. The van der Waals surface area contributed by atoms with Gasteiger partial charge in [-0.05, 0) is 24.6 Å². The summed E-state index contributed by atoms with van der Waals surface area (Å²) < 4.78 is 5.56. The zero-order valence-corrected chi connectivity index (χ0v) is 11.8. The third-order valence-electron chi connectivity index (χ3n) is 2.44. The number of hydrogen-bond acceptors (Lipinski definition) is 5. The third kappa shape index (κ3) is 4.58. The highest BCUT2D eigenvalue weighted by molar-refractivity contribution is 7.99. The van der Waals surface area contributed by atoms with Gasteiger partial charge in [0.1, 0.15) is 11.6 Å². The Labute approximate surface area is 120 Å². The lowest BCUT2D eigenvalue weighted by atomic mass is 10.1. The second-order valence-corrected chi connectivity index (χ2v) is 5.18. The van der Waals surface area contributed by atoms with Crippen LogP contribution in [0.25, 0.3) is 0 Å². The molecule has 0 saturated carbocycles. The zero-order valence-electron chi connectivity index (χ0n) is 11.0. The van der Waals surface area contributed by atoms with Crippen LogP contribution in [0.1, 0.15) is 11.4 Å². The predicted octanol–water partition coefficient (Wildman–Crippen LogP) is 1.91. The quantitative estimate of drug-likeness (QED) is 0.599. The number of carbonyl (C=O) groups is 1. The van der Waals surface area contributed by atoms with Gasteiger partial charge in [0.2, 0.25) is 5.16 Å². The molecule has 1 aromatic heterocycles. The number of benzene rings is 1. The van der Waals surface area contributed by atoms with Crippen LogP contribution in [-0.2, 0) is 11.2 Å². The van der Waals surface area contributed by atoms with Gasteiger partial charge in [0.05, 0.1) is 13.0 Å². The largest absolute Gasteiger partial charge is 0.493 e. The highest BCUT2D eigenvalue weighted by Crippen LogP contribution is 2.15. The number of carboxylic acids is 1. The lowest BCUT2D eigenvalue weighted by Crippen LogP contribution is -2.02. The van der Waals surface area contributed by atoms with E-state index < -0.39 is 5.97 Å². The van der Waals surface area contributed by atoms with Crippen LogP contribution in [0.2, 0.25) is 0 Å². The average molecular weight is 293 g/mol. The van der Waals surface area contributed by atoms with Crippen LogP contribution >= 0.6 is 11.8 Å². The van der Waals surface area contributed by atoms with Crippen molar-refractivity contribution < 1.29 is 14.6 Å². The van der Waals surface area contributed by atoms with E-state index in [-0.39, 0.29) is 6.42 Å². The van der Waals surface area contributed by atoms with Crippen molar-refractivity contribution in [3.8, 4) is 5.75 Å². The van der Waals surface area contributed by atoms with E-state index >= 15 is 0 Å². The molecule has 0 spiro atoms. The molecule has 6 nitrogen and oxygen atoms in total. The highest BCUT2D eigenvalue weighted by Gasteiger charge is 2.02. The Hall–Kier alpha value is -2.02. The number of nitrogens with zero attached hydrogens (tertiary/aromatic N) is 2. The van der Waals surface area contributed by atoms with Crippen LogP contribution in [0.5, 0.6) is 5.75 Å². The topological polar surface area (TPSA) is 88.1 Å². The van der Waals surface area contributed by atoms with Gasteiger partial charge in [-0.1, -0.05) is 23.9 Å². The Balaban J connectivity index is 1.72. The molecule has 0 atom stereocenters. The van der Waals surface area contributed by atoms with Gasteiger partial charge in [0.25, 0.3) is 0 Å². The van der Waals surface area contributed by atoms with E-state index in [9.17, 15) is 4.79 Å². The van der Waals surface area contributed by atoms with Crippen molar-refractivity contribution in [2.45, 2.75) is 18.5 Å². The van der Waals surface area contributed by atoms with Crippen molar-refractivity contribution in [3.05, 3.63) is 35.7 Å². The summed E-state index contributed by atoms with van der Waals surface area (Å²) in [6.07, 6.45) is 0.0281. The molecule has 0 aliphatic carbocycles. The van der Waals surface area contributed by atoms with Crippen LogP contribution < -0.4 is 4.74 Å².